The maximum absolute atomic E-state index is 12.0. The SMILES string of the molecule is COc1ccc(CNC(=O)CN2CCC(C)(CN)C2)cc1.Cl. The molecule has 1 heterocycles. The molecule has 0 saturated carbocycles. The Bertz CT molecular complexity index is 481. The van der Waals surface area contributed by atoms with Gasteiger partial charge >= 0.3 is 0 Å². The van der Waals surface area contributed by atoms with E-state index in [1.165, 1.54) is 0 Å². The van der Waals surface area contributed by atoms with Gasteiger partial charge in [-0.15, -0.1) is 12.4 Å². The molecule has 1 atom stereocenters. The predicted molar refractivity (Wildman–Crippen MR) is 90.3 cm³/mol. The van der Waals surface area contributed by atoms with Crippen LogP contribution in [0.25, 0.3) is 0 Å². The van der Waals surface area contributed by atoms with Crippen LogP contribution in [0.1, 0.15) is 18.9 Å². The Hall–Kier alpha value is -1.30. The topological polar surface area (TPSA) is 67.6 Å². The summed E-state index contributed by atoms with van der Waals surface area (Å²) in [5, 5.41) is 2.96. The molecule has 0 bridgehead atoms. The van der Waals surface area contributed by atoms with E-state index in [2.05, 4.69) is 17.1 Å². The number of amides is 1. The molecule has 22 heavy (non-hydrogen) atoms. The number of hydrogen-bond acceptors (Lipinski definition) is 4. The van der Waals surface area contributed by atoms with Crippen LogP contribution in [-0.2, 0) is 11.3 Å². The van der Waals surface area contributed by atoms with Crippen molar-refractivity contribution >= 4 is 18.3 Å². The van der Waals surface area contributed by atoms with E-state index >= 15 is 0 Å². The lowest BCUT2D eigenvalue weighted by Crippen LogP contribution is -2.38. The van der Waals surface area contributed by atoms with Crippen LogP contribution >= 0.6 is 12.4 Å². The standard InChI is InChI=1S/C16H25N3O2.ClH/c1-16(11-17)7-8-19(12-16)10-15(20)18-9-13-3-5-14(21-2)6-4-13;/h3-6H,7-12,17H2,1-2H3,(H,18,20);1H. The first-order valence-corrected chi connectivity index (χ1v) is 7.37. The Morgan fingerprint density at radius 1 is 1.41 bits per heavy atom. The number of halogens is 1. The van der Waals surface area contributed by atoms with E-state index in [1.807, 2.05) is 24.3 Å². The molecule has 1 amide bonds. The fourth-order valence-electron chi connectivity index (χ4n) is 2.63. The van der Waals surface area contributed by atoms with Gasteiger partial charge in [0, 0.05) is 13.1 Å². The van der Waals surface area contributed by atoms with Crippen LogP contribution in [0, 0.1) is 5.41 Å². The first kappa shape index (κ1) is 18.7. The van der Waals surface area contributed by atoms with Crippen molar-refractivity contribution < 1.29 is 9.53 Å². The molecule has 0 aliphatic carbocycles. The minimum absolute atomic E-state index is 0. The number of methoxy groups -OCH3 is 1. The number of nitrogens with one attached hydrogen (secondary N) is 1. The molecule has 1 saturated heterocycles. The van der Waals surface area contributed by atoms with Crippen molar-refractivity contribution in [3.8, 4) is 5.75 Å². The van der Waals surface area contributed by atoms with Crippen LogP contribution in [0.15, 0.2) is 24.3 Å². The first-order valence-electron chi connectivity index (χ1n) is 7.37. The van der Waals surface area contributed by atoms with Crippen LogP contribution in [-0.4, -0.2) is 44.1 Å². The quantitative estimate of drug-likeness (QED) is 0.829. The summed E-state index contributed by atoms with van der Waals surface area (Å²) in [6, 6.07) is 7.71. The number of ether oxygens (including phenoxy) is 1. The van der Waals surface area contributed by atoms with Gasteiger partial charge in [-0.1, -0.05) is 19.1 Å². The fraction of sp³-hybridized carbons (Fsp3) is 0.562. The number of nitrogens with zero attached hydrogens (tertiary/aromatic N) is 1. The summed E-state index contributed by atoms with van der Waals surface area (Å²) >= 11 is 0. The summed E-state index contributed by atoms with van der Waals surface area (Å²) in [6.07, 6.45) is 1.06. The number of hydrogen-bond donors (Lipinski definition) is 2. The molecule has 1 aromatic carbocycles. The lowest BCUT2D eigenvalue weighted by Gasteiger charge is -2.22. The van der Waals surface area contributed by atoms with Crippen molar-refractivity contribution in [2.24, 2.45) is 11.1 Å². The molecule has 124 valence electrons. The molecule has 0 aromatic heterocycles. The van der Waals surface area contributed by atoms with Gasteiger partial charge in [-0.05, 0) is 42.6 Å². The number of likely N-dealkylation sites (tertiary alicyclic amines) is 1. The number of carbonyl (C=O) groups excluding carboxylic acids is 1. The lowest BCUT2D eigenvalue weighted by atomic mass is 9.90. The predicted octanol–water partition coefficient (Wildman–Crippen LogP) is 1.40. The van der Waals surface area contributed by atoms with Crippen LogP contribution in [0.3, 0.4) is 0 Å². The van der Waals surface area contributed by atoms with E-state index in [9.17, 15) is 4.79 Å². The second-order valence-corrected chi connectivity index (χ2v) is 6.10. The molecule has 3 N–H and O–H groups in total. The molecule has 2 rings (SSSR count). The lowest BCUT2D eigenvalue weighted by molar-refractivity contribution is -0.122. The second-order valence-electron chi connectivity index (χ2n) is 6.10. The molecule has 1 aliphatic rings. The highest BCUT2D eigenvalue weighted by molar-refractivity contribution is 5.85. The first-order chi connectivity index (χ1) is 10.0. The highest BCUT2D eigenvalue weighted by atomic mass is 35.5. The van der Waals surface area contributed by atoms with E-state index in [0.29, 0.717) is 19.6 Å². The van der Waals surface area contributed by atoms with Gasteiger partial charge in [0.25, 0.3) is 0 Å². The molecular weight excluding hydrogens is 302 g/mol. The van der Waals surface area contributed by atoms with Gasteiger partial charge in [0.05, 0.1) is 13.7 Å². The third-order valence-corrected chi connectivity index (χ3v) is 4.15. The Kier molecular flexibility index (Phi) is 7.13. The summed E-state index contributed by atoms with van der Waals surface area (Å²) in [4.78, 5) is 14.2. The minimum Gasteiger partial charge on any atom is -0.497 e. The highest BCUT2D eigenvalue weighted by Gasteiger charge is 2.32. The Balaban J connectivity index is 0.00000242. The van der Waals surface area contributed by atoms with E-state index < -0.39 is 0 Å². The van der Waals surface area contributed by atoms with Crippen molar-refractivity contribution in [2.45, 2.75) is 19.9 Å². The average molecular weight is 328 g/mol. The molecule has 1 aliphatic heterocycles. The van der Waals surface area contributed by atoms with Gasteiger partial charge in [0.1, 0.15) is 5.75 Å². The summed E-state index contributed by atoms with van der Waals surface area (Å²) < 4.78 is 5.11. The number of rotatable bonds is 6. The number of benzene rings is 1. The van der Waals surface area contributed by atoms with E-state index in [0.717, 1.165) is 30.8 Å². The van der Waals surface area contributed by atoms with Crippen LogP contribution in [0.4, 0.5) is 0 Å². The Labute approximate surface area is 138 Å². The van der Waals surface area contributed by atoms with Gasteiger partial charge < -0.3 is 15.8 Å². The van der Waals surface area contributed by atoms with Crippen molar-refractivity contribution in [2.75, 3.05) is 33.3 Å². The van der Waals surface area contributed by atoms with Crippen LogP contribution < -0.4 is 15.8 Å². The average Bonchev–Trinajstić information content (AvgIpc) is 2.87. The summed E-state index contributed by atoms with van der Waals surface area (Å²) in [5.41, 5.74) is 7.01. The highest BCUT2D eigenvalue weighted by Crippen LogP contribution is 2.27. The number of carbonyl (C=O) groups is 1. The maximum Gasteiger partial charge on any atom is 0.234 e. The Morgan fingerprint density at radius 2 is 2.09 bits per heavy atom. The summed E-state index contributed by atoms with van der Waals surface area (Å²) in [7, 11) is 1.64. The van der Waals surface area contributed by atoms with Crippen molar-refractivity contribution in [3.63, 3.8) is 0 Å². The maximum atomic E-state index is 12.0. The smallest absolute Gasteiger partial charge is 0.234 e. The van der Waals surface area contributed by atoms with Gasteiger partial charge in [-0.25, -0.2) is 0 Å². The molecule has 1 unspecified atom stereocenters. The van der Waals surface area contributed by atoms with Crippen LogP contribution in [0.2, 0.25) is 0 Å². The zero-order valence-electron chi connectivity index (χ0n) is 13.3. The molecule has 6 heteroatoms. The van der Waals surface area contributed by atoms with E-state index in [4.69, 9.17) is 10.5 Å². The van der Waals surface area contributed by atoms with E-state index in [-0.39, 0.29) is 23.7 Å². The zero-order valence-corrected chi connectivity index (χ0v) is 14.1. The second kappa shape index (κ2) is 8.36. The monoisotopic (exact) mass is 327 g/mol. The van der Waals surface area contributed by atoms with Crippen molar-refractivity contribution in [1.82, 2.24) is 10.2 Å². The largest absolute Gasteiger partial charge is 0.497 e. The normalized spacial score (nSPS) is 21.2. The molecule has 5 nitrogen and oxygen atoms in total. The third-order valence-electron chi connectivity index (χ3n) is 4.15. The summed E-state index contributed by atoms with van der Waals surface area (Å²) in [6.45, 7) is 5.71. The molecule has 0 radical (unpaired) electrons. The molecule has 1 aromatic rings. The third kappa shape index (κ3) is 5.16. The van der Waals surface area contributed by atoms with Gasteiger partial charge in [0.15, 0.2) is 0 Å². The number of nitrogens with two attached hydrogens (primary N) is 1. The van der Waals surface area contributed by atoms with Gasteiger partial charge in [-0.3, -0.25) is 9.69 Å². The summed E-state index contributed by atoms with van der Waals surface area (Å²) in [5.74, 6) is 0.885. The van der Waals surface area contributed by atoms with Crippen molar-refractivity contribution in [1.29, 1.82) is 0 Å². The molecular formula is C16H26ClN3O2. The fourth-order valence-corrected chi connectivity index (χ4v) is 2.63. The van der Waals surface area contributed by atoms with E-state index in [1.54, 1.807) is 7.11 Å². The zero-order chi connectivity index (χ0) is 15.3. The minimum atomic E-state index is 0. The van der Waals surface area contributed by atoms with Gasteiger partial charge in [0.2, 0.25) is 5.91 Å². The van der Waals surface area contributed by atoms with Gasteiger partial charge in [-0.2, -0.15) is 0 Å². The molecule has 1 fully saturated rings. The van der Waals surface area contributed by atoms with Crippen molar-refractivity contribution in [3.05, 3.63) is 29.8 Å². The van der Waals surface area contributed by atoms with Crippen LogP contribution in [0.5, 0.6) is 5.75 Å². The molecule has 0 spiro atoms. The Morgan fingerprint density at radius 3 is 2.64 bits per heavy atom.